The predicted molar refractivity (Wildman–Crippen MR) is 123 cm³/mol. The molecule has 0 radical (unpaired) electrons. The van der Waals surface area contributed by atoms with Crippen LogP contribution in [0.5, 0.6) is 17.2 Å². The third-order valence-electron chi connectivity index (χ3n) is 4.18. The van der Waals surface area contributed by atoms with Gasteiger partial charge < -0.3 is 34.9 Å². The van der Waals surface area contributed by atoms with Crippen LogP contribution in [0.1, 0.15) is 0 Å². The van der Waals surface area contributed by atoms with Gasteiger partial charge in [-0.1, -0.05) is 0 Å². The quantitative estimate of drug-likeness (QED) is 0.334. The summed E-state index contributed by atoms with van der Waals surface area (Å²) < 4.78 is 21.1. The molecular weight excluding hydrogens is 420 g/mol. The number of ether oxygens (including phenoxy) is 4. The molecule has 0 atom stereocenters. The second-order valence-corrected chi connectivity index (χ2v) is 6.62. The lowest BCUT2D eigenvalue weighted by atomic mass is 10.2. The van der Waals surface area contributed by atoms with Gasteiger partial charge in [0, 0.05) is 31.5 Å². The molecule has 0 aliphatic heterocycles. The third-order valence-corrected chi connectivity index (χ3v) is 4.42. The zero-order valence-electron chi connectivity index (χ0n) is 17.7. The fraction of sp³-hybridized carbons (Fsp3) is 0.300. The highest BCUT2D eigenvalue weighted by Gasteiger charge is 2.14. The van der Waals surface area contributed by atoms with E-state index in [2.05, 4.69) is 30.9 Å². The molecule has 0 saturated heterocycles. The minimum Gasteiger partial charge on any atom is -0.493 e. The minimum absolute atomic E-state index is 0.448. The van der Waals surface area contributed by atoms with Crippen LogP contribution < -0.4 is 30.2 Å². The zero-order chi connectivity index (χ0) is 22.2. The van der Waals surface area contributed by atoms with Crippen molar-refractivity contribution >= 4 is 45.8 Å². The van der Waals surface area contributed by atoms with Crippen molar-refractivity contribution in [2.24, 2.45) is 0 Å². The summed E-state index contributed by atoms with van der Waals surface area (Å²) in [6, 6.07) is 7.16. The predicted octanol–water partition coefficient (Wildman–Crippen LogP) is 2.73. The number of hydrogen-bond acceptors (Lipinski definition) is 9. The van der Waals surface area contributed by atoms with Crippen LogP contribution in [-0.4, -0.2) is 61.7 Å². The van der Waals surface area contributed by atoms with Crippen molar-refractivity contribution in [1.82, 2.24) is 20.3 Å². The van der Waals surface area contributed by atoms with Crippen LogP contribution in [0, 0.1) is 0 Å². The van der Waals surface area contributed by atoms with Crippen LogP contribution in [-0.2, 0) is 4.74 Å². The molecule has 0 aliphatic carbocycles. The van der Waals surface area contributed by atoms with Crippen LogP contribution >= 0.6 is 12.2 Å². The van der Waals surface area contributed by atoms with E-state index in [1.807, 2.05) is 6.07 Å². The Morgan fingerprint density at radius 2 is 1.68 bits per heavy atom. The minimum atomic E-state index is 0.448. The lowest BCUT2D eigenvalue weighted by Crippen LogP contribution is -2.31. The van der Waals surface area contributed by atoms with Gasteiger partial charge in [-0.3, -0.25) is 0 Å². The Labute approximate surface area is 185 Å². The Bertz CT molecular complexity index is 1040. The van der Waals surface area contributed by atoms with Gasteiger partial charge in [-0.15, -0.1) is 0 Å². The van der Waals surface area contributed by atoms with Crippen molar-refractivity contribution in [3.8, 4) is 17.2 Å². The number of anilines is 3. The molecule has 0 bridgehead atoms. The first-order valence-electron chi connectivity index (χ1n) is 9.32. The molecule has 31 heavy (non-hydrogen) atoms. The fourth-order valence-electron chi connectivity index (χ4n) is 2.76. The van der Waals surface area contributed by atoms with Gasteiger partial charge in [-0.05, 0) is 24.4 Å². The van der Waals surface area contributed by atoms with Crippen molar-refractivity contribution in [2.75, 3.05) is 52.2 Å². The number of rotatable bonds is 9. The molecule has 164 valence electrons. The first kappa shape index (κ1) is 22.2. The highest BCUT2D eigenvalue weighted by atomic mass is 32.1. The maximum absolute atomic E-state index is 5.39. The van der Waals surface area contributed by atoms with E-state index in [-0.39, 0.29) is 0 Å². The van der Waals surface area contributed by atoms with Crippen molar-refractivity contribution in [2.45, 2.75) is 0 Å². The van der Waals surface area contributed by atoms with E-state index in [0.29, 0.717) is 64.0 Å². The van der Waals surface area contributed by atoms with Gasteiger partial charge in [0.1, 0.15) is 11.3 Å². The van der Waals surface area contributed by atoms with E-state index < -0.39 is 0 Å². The molecule has 0 saturated carbocycles. The van der Waals surface area contributed by atoms with Crippen LogP contribution in [0.15, 0.2) is 30.5 Å². The summed E-state index contributed by atoms with van der Waals surface area (Å²) in [5.74, 6) is 2.62. The number of fused-ring (bicyclic) bond motifs is 1. The molecule has 10 nitrogen and oxygen atoms in total. The van der Waals surface area contributed by atoms with E-state index in [1.54, 1.807) is 52.8 Å². The summed E-state index contributed by atoms with van der Waals surface area (Å²) in [6.07, 6.45) is 1.62. The van der Waals surface area contributed by atoms with E-state index in [4.69, 9.17) is 31.2 Å². The maximum Gasteiger partial charge on any atom is 0.203 e. The Morgan fingerprint density at radius 1 is 0.968 bits per heavy atom. The topological polar surface area (TPSA) is 112 Å². The number of nitrogens with one attached hydrogen (secondary N) is 3. The molecule has 2 aromatic heterocycles. The molecule has 11 heteroatoms. The van der Waals surface area contributed by atoms with Gasteiger partial charge in [-0.2, -0.15) is 0 Å². The van der Waals surface area contributed by atoms with Gasteiger partial charge in [0.25, 0.3) is 0 Å². The first-order chi connectivity index (χ1) is 15.1. The molecule has 3 aromatic rings. The number of thiocarbonyl (C=S) groups is 1. The van der Waals surface area contributed by atoms with Crippen molar-refractivity contribution in [1.29, 1.82) is 0 Å². The Kier molecular flexibility index (Phi) is 7.57. The average molecular weight is 445 g/mol. The van der Waals surface area contributed by atoms with Crippen LogP contribution in [0.2, 0.25) is 0 Å². The molecule has 2 heterocycles. The Balaban J connectivity index is 1.81. The van der Waals surface area contributed by atoms with Crippen LogP contribution in [0.25, 0.3) is 11.2 Å². The Morgan fingerprint density at radius 3 is 2.32 bits per heavy atom. The Hall–Kier alpha value is -3.44. The highest BCUT2D eigenvalue weighted by molar-refractivity contribution is 7.80. The van der Waals surface area contributed by atoms with E-state index in [9.17, 15) is 0 Å². The number of pyridine rings is 1. The highest BCUT2D eigenvalue weighted by Crippen LogP contribution is 2.40. The van der Waals surface area contributed by atoms with E-state index in [0.717, 1.165) is 0 Å². The number of benzene rings is 1. The molecule has 0 unspecified atom stereocenters. The first-order valence-corrected chi connectivity index (χ1v) is 9.73. The normalized spacial score (nSPS) is 10.5. The molecular formula is C20H24N6O4S. The van der Waals surface area contributed by atoms with Crippen molar-refractivity contribution < 1.29 is 18.9 Å². The lowest BCUT2D eigenvalue weighted by Gasteiger charge is -2.15. The monoisotopic (exact) mass is 444 g/mol. The largest absolute Gasteiger partial charge is 0.493 e. The number of methoxy groups -OCH3 is 4. The summed E-state index contributed by atoms with van der Waals surface area (Å²) in [6.45, 7) is 1.15. The van der Waals surface area contributed by atoms with E-state index >= 15 is 0 Å². The van der Waals surface area contributed by atoms with Gasteiger partial charge in [0.05, 0.1) is 34.1 Å². The van der Waals surface area contributed by atoms with Crippen LogP contribution in [0.3, 0.4) is 0 Å². The second-order valence-electron chi connectivity index (χ2n) is 6.21. The van der Waals surface area contributed by atoms with Gasteiger partial charge >= 0.3 is 0 Å². The number of hydrogen-bond donors (Lipinski definition) is 3. The van der Waals surface area contributed by atoms with Crippen LogP contribution in [0.4, 0.5) is 17.3 Å². The molecule has 0 spiro atoms. The molecule has 0 fully saturated rings. The molecule has 0 aliphatic rings. The van der Waals surface area contributed by atoms with Gasteiger partial charge in [0.2, 0.25) is 5.75 Å². The zero-order valence-corrected chi connectivity index (χ0v) is 18.5. The smallest absolute Gasteiger partial charge is 0.203 e. The summed E-state index contributed by atoms with van der Waals surface area (Å²) in [7, 11) is 6.30. The summed E-state index contributed by atoms with van der Waals surface area (Å²) in [4.78, 5) is 13.4. The lowest BCUT2D eigenvalue weighted by molar-refractivity contribution is 0.204. The standard InChI is InChI=1S/C20H24N6O4S/c1-27-8-7-21-20(31)26-16-6-5-13-19(24-16)25-17(11-22-13)23-12-9-14(28-2)18(30-4)15(10-12)29-3/h5-6,9-11H,7-8H2,1-4H3,(H3,21,23,24,25,26,31). The van der Waals surface area contributed by atoms with Gasteiger partial charge in [-0.25, -0.2) is 15.0 Å². The number of aromatic nitrogens is 3. The number of nitrogens with zero attached hydrogens (tertiary/aromatic N) is 3. The summed E-state index contributed by atoms with van der Waals surface area (Å²) >= 11 is 5.25. The third kappa shape index (κ3) is 5.58. The summed E-state index contributed by atoms with van der Waals surface area (Å²) in [5.41, 5.74) is 1.81. The molecule has 3 N–H and O–H groups in total. The van der Waals surface area contributed by atoms with Crippen molar-refractivity contribution in [3.63, 3.8) is 0 Å². The SMILES string of the molecule is COCCNC(=S)Nc1ccc2ncc(Nc3cc(OC)c(OC)c(OC)c3)nc2n1. The molecule has 1 aromatic carbocycles. The van der Waals surface area contributed by atoms with Crippen molar-refractivity contribution in [3.05, 3.63) is 30.5 Å². The van der Waals surface area contributed by atoms with Gasteiger partial charge in [0.15, 0.2) is 28.1 Å². The maximum atomic E-state index is 5.39. The fourth-order valence-corrected chi connectivity index (χ4v) is 2.96. The molecule has 3 rings (SSSR count). The average Bonchev–Trinajstić information content (AvgIpc) is 2.78. The second kappa shape index (κ2) is 10.5. The van der Waals surface area contributed by atoms with E-state index in [1.165, 1.54) is 0 Å². The molecule has 0 amide bonds. The summed E-state index contributed by atoms with van der Waals surface area (Å²) in [5, 5.41) is 9.69.